The number of aliphatic imine (C=N–C) groups is 1. The van der Waals surface area contributed by atoms with Crippen molar-refractivity contribution in [2.24, 2.45) is 10.7 Å². The molecule has 5 N–H and O–H groups in total. The molecule has 5 atom stereocenters. The van der Waals surface area contributed by atoms with Crippen molar-refractivity contribution in [3.05, 3.63) is 12.0 Å². The maximum absolute atomic E-state index is 13.8. The van der Waals surface area contributed by atoms with Gasteiger partial charge in [-0.2, -0.15) is 0 Å². The quantitative estimate of drug-likeness (QED) is 0.471. The third kappa shape index (κ3) is 1.81. The Morgan fingerprint density at radius 1 is 1.40 bits per heavy atom. The number of aliphatic hydroxyl groups is 3. The van der Waals surface area contributed by atoms with Crippen LogP contribution in [0.15, 0.2) is 11.3 Å². The van der Waals surface area contributed by atoms with Crippen LogP contribution in [0.2, 0.25) is 0 Å². The molecule has 20 heavy (non-hydrogen) atoms. The number of hydrogen-bond acceptors (Lipinski definition) is 8. The van der Waals surface area contributed by atoms with E-state index in [1.807, 2.05) is 0 Å². The molecule has 0 saturated carbocycles. The van der Waals surface area contributed by atoms with E-state index in [0.717, 1.165) is 6.34 Å². The smallest absolute Gasteiger partial charge is 0.173 e. The molecule has 0 aliphatic carbocycles. The van der Waals surface area contributed by atoms with Gasteiger partial charge in [-0.1, -0.05) is 4.48 Å². The van der Waals surface area contributed by atoms with E-state index in [4.69, 9.17) is 15.6 Å². The van der Waals surface area contributed by atoms with Gasteiger partial charge in [0.15, 0.2) is 12.0 Å². The van der Waals surface area contributed by atoms with E-state index in [1.165, 1.54) is 10.9 Å². The van der Waals surface area contributed by atoms with Crippen LogP contribution in [0.25, 0.3) is 0 Å². The summed E-state index contributed by atoms with van der Waals surface area (Å²) in [6.07, 6.45) is -3.30. The second-order valence-electron chi connectivity index (χ2n) is 4.61. The molecule has 1 saturated heterocycles. The van der Waals surface area contributed by atoms with E-state index < -0.39 is 37.3 Å². The average molecular weight is 287 g/mol. The minimum atomic E-state index is -1.33. The van der Waals surface area contributed by atoms with Crippen molar-refractivity contribution in [3.8, 4) is 0 Å². The summed E-state index contributed by atoms with van der Waals surface area (Å²) in [5, 5.41) is 28.9. The maximum Gasteiger partial charge on any atom is 0.173 e. The number of imidazole rings is 1. The zero-order valence-corrected chi connectivity index (χ0v) is 10.2. The predicted molar refractivity (Wildman–Crippen MR) is 64.2 cm³/mol. The molecule has 110 valence electrons. The molecular weight excluding hydrogens is 273 g/mol. The van der Waals surface area contributed by atoms with E-state index in [-0.39, 0.29) is 16.6 Å². The van der Waals surface area contributed by atoms with E-state index in [1.54, 1.807) is 0 Å². The first kappa shape index (κ1) is 13.4. The van der Waals surface area contributed by atoms with Gasteiger partial charge in [0.2, 0.25) is 0 Å². The molecule has 3 rings (SSSR count). The van der Waals surface area contributed by atoms with Crippen LogP contribution >= 0.6 is 0 Å². The number of fused-ring (bicyclic) bond motifs is 1. The third-order valence-electron chi connectivity index (χ3n) is 3.40. The van der Waals surface area contributed by atoms with Gasteiger partial charge in [0, 0.05) is 0 Å². The molecule has 2 aliphatic rings. The lowest BCUT2D eigenvalue weighted by atomic mass is 10.1. The number of ether oxygens (including phenoxy) is 1. The topological polar surface area (TPSA) is 129 Å². The Bertz CT molecular complexity index is 538. The Hall–Kier alpha value is -1.59. The van der Waals surface area contributed by atoms with Gasteiger partial charge in [0.05, 0.1) is 12.9 Å². The molecule has 9 nitrogen and oxygen atoms in total. The number of rotatable bonds is 2. The highest BCUT2D eigenvalue weighted by Crippen LogP contribution is 2.36. The number of aromatic nitrogens is 2. The molecule has 0 bridgehead atoms. The lowest BCUT2D eigenvalue weighted by Gasteiger charge is -2.23. The summed E-state index contributed by atoms with van der Waals surface area (Å²) in [6.45, 7) is -0.466. The number of halogens is 1. The van der Waals surface area contributed by atoms with Gasteiger partial charge in [0.25, 0.3) is 0 Å². The second kappa shape index (κ2) is 4.75. The lowest BCUT2D eigenvalue weighted by Crippen LogP contribution is -2.33. The molecule has 1 aromatic rings. The van der Waals surface area contributed by atoms with Crippen molar-refractivity contribution in [3.63, 3.8) is 0 Å². The summed E-state index contributed by atoms with van der Waals surface area (Å²) in [7, 11) is 0. The van der Waals surface area contributed by atoms with Crippen LogP contribution in [0.3, 0.4) is 0 Å². The van der Waals surface area contributed by atoms with Crippen molar-refractivity contribution in [2.75, 3.05) is 11.7 Å². The standard InChI is InChI=1S/C10H14FN5O4/c11-16-3-14-8(12)5-9(16)15(2-13-5)10-7(19)6(18)4(1-17)20-10/h2-4,6-8,10,17-19H,1,12H2/t4-,6+,7-,8?,10-/m1/s1. The molecule has 0 spiro atoms. The normalized spacial score (nSPS) is 36.5. The van der Waals surface area contributed by atoms with Crippen molar-refractivity contribution in [1.82, 2.24) is 9.55 Å². The van der Waals surface area contributed by atoms with Gasteiger partial charge in [-0.3, -0.25) is 4.57 Å². The summed E-state index contributed by atoms with van der Waals surface area (Å²) in [5.74, 6) is -0.0256. The monoisotopic (exact) mass is 287 g/mol. The molecule has 1 aromatic heterocycles. The molecule has 3 heterocycles. The summed E-state index contributed by atoms with van der Waals surface area (Å²) >= 11 is 0. The van der Waals surface area contributed by atoms with Gasteiger partial charge < -0.3 is 25.8 Å². The highest BCUT2D eigenvalue weighted by atomic mass is 19.2. The zero-order chi connectivity index (χ0) is 14.4. The fraction of sp³-hybridized carbons (Fsp3) is 0.600. The molecule has 0 amide bonds. The molecule has 10 heteroatoms. The van der Waals surface area contributed by atoms with Gasteiger partial charge in [-0.05, 0) is 0 Å². The maximum atomic E-state index is 13.8. The van der Waals surface area contributed by atoms with E-state index in [9.17, 15) is 14.7 Å². The Morgan fingerprint density at radius 3 is 2.80 bits per heavy atom. The zero-order valence-electron chi connectivity index (χ0n) is 10.2. The van der Waals surface area contributed by atoms with Crippen LogP contribution in [0.4, 0.5) is 10.3 Å². The highest BCUT2D eigenvalue weighted by molar-refractivity contribution is 5.78. The van der Waals surface area contributed by atoms with E-state index in [0.29, 0.717) is 0 Å². The first-order chi connectivity index (χ1) is 9.54. The first-order valence-electron chi connectivity index (χ1n) is 5.97. The fourth-order valence-corrected chi connectivity index (χ4v) is 2.35. The Kier molecular flexibility index (Phi) is 3.18. The molecule has 0 aromatic carbocycles. The van der Waals surface area contributed by atoms with Crippen molar-refractivity contribution < 1.29 is 24.5 Å². The SMILES string of the molecule is NC1N=CN(F)c2c1ncn2[C@@H]1O[C@H](CO)[C@H](O)[C@H]1O. The minimum Gasteiger partial charge on any atom is -0.394 e. The lowest BCUT2D eigenvalue weighted by molar-refractivity contribution is -0.0523. The fourth-order valence-electron chi connectivity index (χ4n) is 2.35. The summed E-state index contributed by atoms with van der Waals surface area (Å²) in [4.78, 5) is 7.64. The first-order valence-corrected chi connectivity index (χ1v) is 5.97. The average Bonchev–Trinajstić information content (AvgIpc) is 2.99. The Morgan fingerprint density at radius 2 is 2.15 bits per heavy atom. The minimum absolute atomic E-state index is 0.0256. The van der Waals surface area contributed by atoms with Crippen LogP contribution < -0.4 is 10.9 Å². The number of nitrogens with two attached hydrogens (primary N) is 1. The number of anilines is 1. The van der Waals surface area contributed by atoms with Crippen LogP contribution in [0.5, 0.6) is 0 Å². The van der Waals surface area contributed by atoms with Gasteiger partial charge >= 0.3 is 0 Å². The molecule has 1 fully saturated rings. The number of nitrogens with zero attached hydrogens (tertiary/aromatic N) is 4. The highest BCUT2D eigenvalue weighted by Gasteiger charge is 2.45. The Labute approximate surface area is 112 Å². The number of aliphatic hydroxyl groups excluding tert-OH is 3. The molecule has 2 aliphatic heterocycles. The molecule has 0 radical (unpaired) electrons. The third-order valence-corrected chi connectivity index (χ3v) is 3.40. The Balaban J connectivity index is 1.97. The van der Waals surface area contributed by atoms with Gasteiger partial charge in [0.1, 0.15) is 36.5 Å². The predicted octanol–water partition coefficient (Wildman–Crippen LogP) is -1.82. The van der Waals surface area contributed by atoms with Crippen molar-refractivity contribution in [2.45, 2.75) is 30.7 Å². The summed E-state index contributed by atoms with van der Waals surface area (Å²) < 4.78 is 20.4. The van der Waals surface area contributed by atoms with Crippen LogP contribution in [-0.4, -0.2) is 56.1 Å². The largest absolute Gasteiger partial charge is 0.394 e. The van der Waals surface area contributed by atoms with E-state index >= 15 is 0 Å². The van der Waals surface area contributed by atoms with Crippen molar-refractivity contribution >= 4 is 12.2 Å². The van der Waals surface area contributed by atoms with Crippen LogP contribution in [0.1, 0.15) is 18.1 Å². The summed E-state index contributed by atoms with van der Waals surface area (Å²) in [5.41, 5.74) is 5.86. The number of hydrogen-bond donors (Lipinski definition) is 4. The second-order valence-corrected chi connectivity index (χ2v) is 4.61. The molecular formula is C10H14FN5O4. The van der Waals surface area contributed by atoms with Gasteiger partial charge in [-0.25, -0.2) is 9.98 Å². The van der Waals surface area contributed by atoms with Gasteiger partial charge in [-0.15, -0.1) is 5.12 Å². The molecule has 1 unspecified atom stereocenters. The summed E-state index contributed by atoms with van der Waals surface area (Å²) in [6, 6.07) is 0. The van der Waals surface area contributed by atoms with Crippen LogP contribution in [0, 0.1) is 0 Å². The van der Waals surface area contributed by atoms with Crippen LogP contribution in [-0.2, 0) is 4.74 Å². The van der Waals surface area contributed by atoms with Crippen molar-refractivity contribution in [1.29, 1.82) is 0 Å². The van der Waals surface area contributed by atoms with E-state index in [2.05, 4.69) is 9.98 Å².